The average Bonchev–Trinajstić information content (AvgIpc) is 3.16. The fraction of sp³-hybridized carbons (Fsp3) is 0.158. The van der Waals surface area contributed by atoms with Crippen molar-refractivity contribution in [3.8, 4) is 28.5 Å². The largest absolute Gasteiger partial charge is 0.573 e. The maximum absolute atomic E-state index is 12.4. The third-order valence-corrected chi connectivity index (χ3v) is 3.83. The molecule has 0 aliphatic heterocycles. The lowest BCUT2D eigenvalue weighted by molar-refractivity contribution is -0.274. The van der Waals surface area contributed by atoms with Crippen molar-refractivity contribution in [3.05, 3.63) is 54.2 Å². The second kappa shape index (κ2) is 8.13. The maximum atomic E-state index is 12.4. The second-order valence-corrected chi connectivity index (χ2v) is 5.76. The van der Waals surface area contributed by atoms with Crippen molar-refractivity contribution in [3.63, 3.8) is 0 Å². The van der Waals surface area contributed by atoms with Crippen molar-refractivity contribution in [2.75, 3.05) is 19.5 Å². The highest BCUT2D eigenvalue weighted by Crippen LogP contribution is 2.32. The van der Waals surface area contributed by atoms with Crippen molar-refractivity contribution < 1.29 is 32.2 Å². The van der Waals surface area contributed by atoms with E-state index in [9.17, 15) is 18.0 Å². The Hall–Kier alpha value is -3.69. The van der Waals surface area contributed by atoms with Gasteiger partial charge in [-0.15, -0.1) is 13.2 Å². The monoisotopic (exact) mass is 407 g/mol. The number of carbonyl (C=O) groups is 1. The van der Waals surface area contributed by atoms with Crippen LogP contribution in [0.5, 0.6) is 17.2 Å². The number of hydrogen-bond acceptors (Lipinski definition) is 5. The normalized spacial score (nSPS) is 11.1. The van der Waals surface area contributed by atoms with E-state index >= 15 is 0 Å². The van der Waals surface area contributed by atoms with Crippen molar-refractivity contribution in [1.29, 1.82) is 0 Å². The number of anilines is 1. The topological polar surface area (TPSA) is 85.5 Å². The first-order chi connectivity index (χ1) is 13.8. The molecule has 0 radical (unpaired) electrons. The van der Waals surface area contributed by atoms with Gasteiger partial charge in [-0.25, -0.2) is 0 Å². The van der Waals surface area contributed by atoms with Gasteiger partial charge < -0.3 is 19.5 Å². The molecule has 3 rings (SSSR count). The molecule has 7 nitrogen and oxygen atoms in total. The highest BCUT2D eigenvalue weighted by molar-refractivity contribution is 6.03. The zero-order chi connectivity index (χ0) is 21.0. The number of ether oxygens (including phenoxy) is 3. The molecule has 0 aliphatic carbocycles. The quantitative estimate of drug-likeness (QED) is 0.638. The van der Waals surface area contributed by atoms with Crippen LogP contribution in [0.4, 0.5) is 18.9 Å². The van der Waals surface area contributed by atoms with Gasteiger partial charge in [0.2, 0.25) is 0 Å². The predicted octanol–water partition coefficient (Wildman–Crippen LogP) is 4.24. The van der Waals surface area contributed by atoms with Gasteiger partial charge in [-0.3, -0.25) is 9.89 Å². The molecule has 0 saturated carbocycles. The number of halogens is 3. The SMILES string of the molecule is COc1ccc(-c2cc(C(=O)Nc3cccc(OC(F)(F)F)c3)[nH]n2)c(OC)c1. The number of nitrogens with zero attached hydrogens (tertiary/aromatic N) is 1. The number of carbonyl (C=O) groups excluding carboxylic acids is 1. The van der Waals surface area contributed by atoms with Crippen LogP contribution in [0.1, 0.15) is 10.5 Å². The smallest absolute Gasteiger partial charge is 0.497 e. The molecule has 1 heterocycles. The van der Waals surface area contributed by atoms with Crippen LogP contribution in [0.15, 0.2) is 48.5 Å². The maximum Gasteiger partial charge on any atom is 0.573 e. The number of rotatable bonds is 6. The lowest BCUT2D eigenvalue weighted by Gasteiger charge is -2.10. The molecule has 2 N–H and O–H groups in total. The Labute approximate surface area is 163 Å². The molecular formula is C19H16F3N3O4. The molecule has 0 spiro atoms. The van der Waals surface area contributed by atoms with Crippen LogP contribution >= 0.6 is 0 Å². The fourth-order valence-electron chi connectivity index (χ4n) is 2.56. The van der Waals surface area contributed by atoms with E-state index in [0.29, 0.717) is 22.8 Å². The van der Waals surface area contributed by atoms with E-state index in [2.05, 4.69) is 20.3 Å². The summed E-state index contributed by atoms with van der Waals surface area (Å²) < 4.78 is 51.3. The molecule has 152 valence electrons. The molecule has 1 aromatic heterocycles. The summed E-state index contributed by atoms with van der Waals surface area (Å²) in [6.45, 7) is 0. The summed E-state index contributed by atoms with van der Waals surface area (Å²) in [4.78, 5) is 12.4. The van der Waals surface area contributed by atoms with Crippen LogP contribution < -0.4 is 19.5 Å². The molecule has 0 fully saturated rings. The van der Waals surface area contributed by atoms with Gasteiger partial charge in [0.15, 0.2) is 0 Å². The Kier molecular flexibility index (Phi) is 5.62. The molecule has 1 amide bonds. The number of benzene rings is 2. The number of hydrogen-bond donors (Lipinski definition) is 2. The summed E-state index contributed by atoms with van der Waals surface area (Å²) >= 11 is 0. The number of methoxy groups -OCH3 is 2. The number of H-pyrrole nitrogens is 1. The lowest BCUT2D eigenvalue weighted by Crippen LogP contribution is -2.17. The van der Waals surface area contributed by atoms with E-state index in [-0.39, 0.29) is 11.4 Å². The van der Waals surface area contributed by atoms with E-state index in [1.165, 1.54) is 32.4 Å². The van der Waals surface area contributed by atoms with Gasteiger partial charge in [-0.2, -0.15) is 5.10 Å². The number of aromatic amines is 1. The van der Waals surface area contributed by atoms with Gasteiger partial charge in [0, 0.05) is 23.4 Å². The molecule has 0 unspecified atom stereocenters. The minimum atomic E-state index is -4.82. The molecule has 10 heteroatoms. The van der Waals surface area contributed by atoms with Gasteiger partial charge in [0.05, 0.1) is 19.9 Å². The zero-order valence-electron chi connectivity index (χ0n) is 15.3. The van der Waals surface area contributed by atoms with Crippen LogP contribution in [0.25, 0.3) is 11.3 Å². The van der Waals surface area contributed by atoms with E-state index in [0.717, 1.165) is 12.1 Å². The summed E-state index contributed by atoms with van der Waals surface area (Å²) in [7, 11) is 3.02. The minimum Gasteiger partial charge on any atom is -0.497 e. The van der Waals surface area contributed by atoms with Crippen molar-refractivity contribution >= 4 is 11.6 Å². The molecule has 0 atom stereocenters. The predicted molar refractivity (Wildman–Crippen MR) is 98.2 cm³/mol. The highest BCUT2D eigenvalue weighted by Gasteiger charge is 2.31. The van der Waals surface area contributed by atoms with Crippen molar-refractivity contribution in [1.82, 2.24) is 10.2 Å². The summed E-state index contributed by atoms with van der Waals surface area (Å²) in [6.07, 6.45) is -4.82. The second-order valence-electron chi connectivity index (χ2n) is 5.76. The van der Waals surface area contributed by atoms with Gasteiger partial charge >= 0.3 is 6.36 Å². The van der Waals surface area contributed by atoms with Gasteiger partial charge in [-0.05, 0) is 30.3 Å². The number of aromatic nitrogens is 2. The van der Waals surface area contributed by atoms with Crippen LogP contribution in [-0.4, -0.2) is 36.7 Å². The van der Waals surface area contributed by atoms with Crippen molar-refractivity contribution in [2.45, 2.75) is 6.36 Å². The van der Waals surface area contributed by atoms with Crippen LogP contribution in [0.2, 0.25) is 0 Å². The minimum absolute atomic E-state index is 0.111. The Bertz CT molecular complexity index is 1020. The summed E-state index contributed by atoms with van der Waals surface area (Å²) in [5.74, 6) is 0.0730. The van der Waals surface area contributed by atoms with Crippen LogP contribution in [0.3, 0.4) is 0 Å². The van der Waals surface area contributed by atoms with Gasteiger partial charge in [-0.1, -0.05) is 6.07 Å². The Morgan fingerprint density at radius 3 is 2.52 bits per heavy atom. The summed E-state index contributed by atoms with van der Waals surface area (Å²) in [5.41, 5.74) is 1.32. The molecule has 0 bridgehead atoms. The molecule has 3 aromatic rings. The summed E-state index contributed by atoms with van der Waals surface area (Å²) in [5, 5.41) is 9.18. The Morgan fingerprint density at radius 1 is 1.03 bits per heavy atom. The first-order valence-electron chi connectivity index (χ1n) is 8.24. The van der Waals surface area contributed by atoms with Gasteiger partial charge in [0.1, 0.15) is 22.9 Å². The molecule has 0 saturated heterocycles. The van der Waals surface area contributed by atoms with Crippen LogP contribution in [-0.2, 0) is 0 Å². The standard InChI is InChI=1S/C19H16F3N3O4/c1-27-12-6-7-14(17(9-12)28-2)15-10-16(25-24-15)18(26)23-11-4-3-5-13(8-11)29-19(20,21)22/h3-10H,1-2H3,(H,23,26)(H,24,25). The van der Waals surface area contributed by atoms with Gasteiger partial charge in [0.25, 0.3) is 5.91 Å². The summed E-state index contributed by atoms with van der Waals surface area (Å²) in [6, 6.07) is 11.6. The Morgan fingerprint density at radius 2 is 1.83 bits per heavy atom. The molecule has 2 aromatic carbocycles. The molecular weight excluding hydrogens is 391 g/mol. The third-order valence-electron chi connectivity index (χ3n) is 3.83. The lowest BCUT2D eigenvalue weighted by atomic mass is 10.1. The van der Waals surface area contributed by atoms with Crippen molar-refractivity contribution in [2.24, 2.45) is 0 Å². The number of amides is 1. The van der Waals surface area contributed by atoms with Crippen LogP contribution in [0, 0.1) is 0 Å². The van der Waals surface area contributed by atoms with E-state index in [1.54, 1.807) is 18.2 Å². The first-order valence-corrected chi connectivity index (χ1v) is 8.24. The average molecular weight is 407 g/mol. The first kappa shape index (κ1) is 20.1. The number of nitrogens with one attached hydrogen (secondary N) is 2. The Balaban J connectivity index is 1.78. The van der Waals surface area contributed by atoms with E-state index < -0.39 is 18.0 Å². The molecule has 0 aliphatic rings. The van der Waals surface area contributed by atoms with E-state index in [4.69, 9.17) is 9.47 Å². The highest BCUT2D eigenvalue weighted by atomic mass is 19.4. The fourth-order valence-corrected chi connectivity index (χ4v) is 2.56. The van der Waals surface area contributed by atoms with E-state index in [1.807, 2.05) is 0 Å². The third kappa shape index (κ3) is 4.98. The zero-order valence-corrected chi connectivity index (χ0v) is 15.3. The molecule has 29 heavy (non-hydrogen) atoms. The number of alkyl halides is 3.